The number of thiophene rings is 1. The van der Waals surface area contributed by atoms with Gasteiger partial charge in [0.15, 0.2) is 6.61 Å². The Morgan fingerprint density at radius 2 is 2.11 bits per heavy atom. The maximum atomic E-state index is 12.1. The number of halogens is 3. The molecule has 0 bridgehead atoms. The second-order valence-electron chi connectivity index (χ2n) is 3.52. The van der Waals surface area contributed by atoms with E-state index in [4.69, 9.17) is 5.11 Å². The van der Waals surface area contributed by atoms with Gasteiger partial charge in [0.1, 0.15) is 5.75 Å². The molecule has 1 N–H and O–H groups in total. The van der Waals surface area contributed by atoms with Crippen LogP contribution in [0.3, 0.4) is 0 Å². The minimum atomic E-state index is -4.46. The summed E-state index contributed by atoms with van der Waals surface area (Å²) < 4.78 is 41.5. The Hall–Kier alpha value is -1.76. The average Bonchev–Trinajstić information content (AvgIpc) is 2.72. The normalized spacial score (nSPS) is 11.7. The van der Waals surface area contributed by atoms with Gasteiger partial charge in [-0.2, -0.15) is 13.2 Å². The van der Waals surface area contributed by atoms with Gasteiger partial charge < -0.3 is 9.84 Å². The molecule has 18 heavy (non-hydrogen) atoms. The lowest BCUT2D eigenvalue weighted by Crippen LogP contribution is -2.19. The van der Waals surface area contributed by atoms with Crippen LogP contribution in [0.5, 0.6) is 5.75 Å². The first-order valence-electron chi connectivity index (χ1n) is 4.81. The van der Waals surface area contributed by atoms with Crippen molar-refractivity contribution >= 4 is 27.4 Å². The van der Waals surface area contributed by atoms with Crippen LogP contribution in [0.4, 0.5) is 13.2 Å². The van der Waals surface area contributed by atoms with E-state index in [1.165, 1.54) is 17.4 Å². The number of carboxylic acids is 1. The maximum Gasteiger partial charge on any atom is 0.422 e. The molecule has 2 aromatic rings. The Morgan fingerprint density at radius 1 is 1.39 bits per heavy atom. The zero-order chi connectivity index (χ0) is 13.3. The lowest BCUT2D eigenvalue weighted by Gasteiger charge is -2.10. The van der Waals surface area contributed by atoms with Crippen molar-refractivity contribution in [2.24, 2.45) is 0 Å². The number of fused-ring (bicyclic) bond motifs is 1. The number of alkyl halides is 3. The molecule has 0 amide bonds. The maximum absolute atomic E-state index is 12.1. The van der Waals surface area contributed by atoms with E-state index in [1.807, 2.05) is 0 Å². The van der Waals surface area contributed by atoms with E-state index < -0.39 is 18.8 Å². The lowest BCUT2D eigenvalue weighted by atomic mass is 10.1. The third kappa shape index (κ3) is 2.73. The van der Waals surface area contributed by atoms with Gasteiger partial charge in [0, 0.05) is 10.1 Å². The average molecular weight is 276 g/mol. The fraction of sp³-hybridized carbons (Fsp3) is 0.182. The number of benzene rings is 1. The Kier molecular flexibility index (Phi) is 3.16. The van der Waals surface area contributed by atoms with Crippen LogP contribution in [0, 0.1) is 0 Å². The number of carboxylic acid groups (broad SMARTS) is 1. The number of aromatic carboxylic acids is 1. The van der Waals surface area contributed by atoms with E-state index in [9.17, 15) is 18.0 Å². The minimum Gasteiger partial charge on any atom is -0.483 e. The molecule has 0 unspecified atom stereocenters. The molecule has 7 heteroatoms. The van der Waals surface area contributed by atoms with Crippen LogP contribution in [0.2, 0.25) is 0 Å². The van der Waals surface area contributed by atoms with Gasteiger partial charge in [0.2, 0.25) is 0 Å². The number of ether oxygens (including phenoxy) is 1. The standard InChI is InChI=1S/C11H7F3O3S/c12-11(13,14)5-17-8-3-6(10(15)16)4-9-7(8)1-2-18-9/h1-4H,5H2,(H,15,16). The molecule has 0 fully saturated rings. The Labute approximate surface area is 103 Å². The van der Waals surface area contributed by atoms with Gasteiger partial charge in [-0.3, -0.25) is 0 Å². The molecule has 0 atom stereocenters. The van der Waals surface area contributed by atoms with Gasteiger partial charge in [0.25, 0.3) is 0 Å². The molecule has 0 aliphatic carbocycles. The van der Waals surface area contributed by atoms with Gasteiger partial charge >= 0.3 is 12.1 Å². The molecule has 1 aromatic carbocycles. The smallest absolute Gasteiger partial charge is 0.422 e. The Bertz CT molecular complexity index is 589. The van der Waals surface area contributed by atoms with Crippen molar-refractivity contribution < 1.29 is 27.8 Å². The molecule has 0 saturated carbocycles. The summed E-state index contributed by atoms with van der Waals surface area (Å²) in [5, 5.41) is 11.0. The van der Waals surface area contributed by atoms with Crippen molar-refractivity contribution in [3.8, 4) is 5.75 Å². The number of hydrogen-bond acceptors (Lipinski definition) is 3. The first kappa shape index (κ1) is 12.7. The topological polar surface area (TPSA) is 46.5 Å². The predicted molar refractivity (Wildman–Crippen MR) is 60.3 cm³/mol. The second kappa shape index (κ2) is 4.49. The summed E-state index contributed by atoms with van der Waals surface area (Å²) in [5.41, 5.74) is -0.0953. The molecule has 0 spiro atoms. The summed E-state index contributed by atoms with van der Waals surface area (Å²) >= 11 is 1.24. The quantitative estimate of drug-likeness (QED) is 0.932. The fourth-order valence-electron chi connectivity index (χ4n) is 1.44. The third-order valence-corrected chi connectivity index (χ3v) is 3.04. The van der Waals surface area contributed by atoms with Crippen LogP contribution in [-0.2, 0) is 0 Å². The first-order valence-corrected chi connectivity index (χ1v) is 5.69. The summed E-state index contributed by atoms with van der Waals surface area (Å²) in [6.45, 7) is -1.44. The van der Waals surface area contributed by atoms with Crippen molar-refractivity contribution in [1.82, 2.24) is 0 Å². The Morgan fingerprint density at radius 3 is 2.72 bits per heavy atom. The molecule has 0 saturated heterocycles. The van der Waals surface area contributed by atoms with Crippen molar-refractivity contribution in [2.75, 3.05) is 6.61 Å². The molecular formula is C11H7F3O3S. The van der Waals surface area contributed by atoms with Gasteiger partial charge in [-0.1, -0.05) is 0 Å². The van der Waals surface area contributed by atoms with Crippen molar-refractivity contribution in [3.63, 3.8) is 0 Å². The van der Waals surface area contributed by atoms with Crippen LogP contribution >= 0.6 is 11.3 Å². The summed E-state index contributed by atoms with van der Waals surface area (Å²) in [6, 6.07) is 4.10. The third-order valence-electron chi connectivity index (χ3n) is 2.17. The molecule has 96 valence electrons. The van der Waals surface area contributed by atoms with Gasteiger partial charge in [-0.25, -0.2) is 4.79 Å². The molecule has 0 radical (unpaired) electrons. The summed E-state index contributed by atoms with van der Waals surface area (Å²) in [7, 11) is 0. The fourth-order valence-corrected chi connectivity index (χ4v) is 2.28. The Balaban J connectivity index is 2.41. The van der Waals surface area contributed by atoms with E-state index >= 15 is 0 Å². The van der Waals surface area contributed by atoms with Crippen molar-refractivity contribution in [1.29, 1.82) is 0 Å². The van der Waals surface area contributed by atoms with Crippen LogP contribution in [0.25, 0.3) is 10.1 Å². The molecule has 1 heterocycles. The molecule has 1 aromatic heterocycles. The summed E-state index contributed by atoms with van der Waals surface area (Å²) in [4.78, 5) is 10.8. The van der Waals surface area contributed by atoms with Crippen LogP contribution < -0.4 is 4.74 Å². The van der Waals surface area contributed by atoms with E-state index in [2.05, 4.69) is 4.74 Å². The van der Waals surface area contributed by atoms with Crippen LogP contribution in [0.15, 0.2) is 23.6 Å². The van der Waals surface area contributed by atoms with Crippen LogP contribution in [-0.4, -0.2) is 23.9 Å². The molecule has 3 nitrogen and oxygen atoms in total. The molecule has 2 rings (SSSR count). The van der Waals surface area contributed by atoms with Crippen molar-refractivity contribution in [2.45, 2.75) is 6.18 Å². The number of carbonyl (C=O) groups is 1. The van der Waals surface area contributed by atoms with Gasteiger partial charge in [-0.15, -0.1) is 11.3 Å². The molecular weight excluding hydrogens is 269 g/mol. The SMILES string of the molecule is O=C(O)c1cc(OCC(F)(F)F)c2ccsc2c1. The highest BCUT2D eigenvalue weighted by atomic mass is 32.1. The summed E-state index contributed by atoms with van der Waals surface area (Å²) in [5.74, 6) is -1.27. The highest BCUT2D eigenvalue weighted by Crippen LogP contribution is 2.32. The second-order valence-corrected chi connectivity index (χ2v) is 4.46. The van der Waals surface area contributed by atoms with Gasteiger partial charge in [-0.05, 0) is 23.6 Å². The zero-order valence-corrected chi connectivity index (χ0v) is 9.64. The zero-order valence-electron chi connectivity index (χ0n) is 8.82. The van der Waals surface area contributed by atoms with Gasteiger partial charge in [0.05, 0.1) is 5.56 Å². The van der Waals surface area contributed by atoms with Crippen LogP contribution in [0.1, 0.15) is 10.4 Å². The van der Waals surface area contributed by atoms with E-state index in [0.29, 0.717) is 10.1 Å². The number of rotatable bonds is 3. The monoisotopic (exact) mass is 276 g/mol. The van der Waals surface area contributed by atoms with E-state index in [-0.39, 0.29) is 11.3 Å². The van der Waals surface area contributed by atoms with E-state index in [0.717, 1.165) is 6.07 Å². The highest BCUT2D eigenvalue weighted by molar-refractivity contribution is 7.17. The molecule has 0 aliphatic heterocycles. The summed E-state index contributed by atoms with van der Waals surface area (Å²) in [6.07, 6.45) is -4.46. The van der Waals surface area contributed by atoms with E-state index in [1.54, 1.807) is 11.4 Å². The predicted octanol–water partition coefficient (Wildman–Crippen LogP) is 3.54. The minimum absolute atomic E-state index is 0.0662. The molecule has 0 aliphatic rings. The lowest BCUT2D eigenvalue weighted by molar-refractivity contribution is -0.153. The largest absolute Gasteiger partial charge is 0.483 e. The first-order chi connectivity index (χ1) is 8.37. The van der Waals surface area contributed by atoms with Crippen molar-refractivity contribution in [3.05, 3.63) is 29.1 Å². The highest BCUT2D eigenvalue weighted by Gasteiger charge is 2.29. The number of hydrogen-bond donors (Lipinski definition) is 1.